The van der Waals surface area contributed by atoms with Crippen LogP contribution in [0.3, 0.4) is 0 Å². The monoisotopic (exact) mass is 322 g/mol. The van der Waals surface area contributed by atoms with Crippen LogP contribution in [0.4, 0.5) is 5.82 Å². The summed E-state index contributed by atoms with van der Waals surface area (Å²) >= 11 is 1.27. The Morgan fingerprint density at radius 3 is 2.78 bits per heavy atom. The fourth-order valence-corrected chi connectivity index (χ4v) is 3.41. The molecule has 0 radical (unpaired) electrons. The second kappa shape index (κ2) is 6.07. The first-order valence-corrected chi connectivity index (χ1v) is 7.94. The van der Waals surface area contributed by atoms with Crippen LogP contribution in [0.25, 0.3) is 21.3 Å². The van der Waals surface area contributed by atoms with Gasteiger partial charge in [0.15, 0.2) is 0 Å². The molecule has 3 rings (SSSR count). The highest BCUT2D eigenvalue weighted by Crippen LogP contribution is 2.37. The molecule has 2 heterocycles. The van der Waals surface area contributed by atoms with Gasteiger partial charge >= 0.3 is 0 Å². The summed E-state index contributed by atoms with van der Waals surface area (Å²) in [6.45, 7) is 2.42. The zero-order valence-corrected chi connectivity index (χ0v) is 13.3. The number of carbonyl (C=O) groups is 1. The highest BCUT2D eigenvalue weighted by atomic mass is 32.1. The van der Waals surface area contributed by atoms with Crippen LogP contribution in [0.15, 0.2) is 36.4 Å². The van der Waals surface area contributed by atoms with Gasteiger partial charge in [0.2, 0.25) is 0 Å². The van der Waals surface area contributed by atoms with Crippen LogP contribution in [-0.4, -0.2) is 17.4 Å². The van der Waals surface area contributed by atoms with Crippen molar-refractivity contribution in [3.8, 4) is 17.2 Å². The number of nitrogens with two attached hydrogens (primary N) is 1. The normalized spacial score (nSPS) is 10.4. The van der Waals surface area contributed by atoms with E-state index in [1.54, 1.807) is 6.07 Å². The predicted molar refractivity (Wildman–Crippen MR) is 92.2 cm³/mol. The number of nitrogens with zero attached hydrogens (tertiary/aromatic N) is 2. The molecule has 0 fully saturated rings. The highest BCUT2D eigenvalue weighted by Gasteiger charge is 2.19. The number of hydrogen-bond donors (Lipinski definition) is 2. The van der Waals surface area contributed by atoms with Crippen LogP contribution >= 0.6 is 11.3 Å². The van der Waals surface area contributed by atoms with Gasteiger partial charge in [-0.15, -0.1) is 11.3 Å². The fraction of sp³-hybridized carbons (Fsp3) is 0.118. The maximum atomic E-state index is 12.1. The quantitative estimate of drug-likeness (QED) is 0.774. The zero-order chi connectivity index (χ0) is 16.4. The molecule has 0 aliphatic carbocycles. The zero-order valence-electron chi connectivity index (χ0n) is 12.5. The number of anilines is 1. The second-order valence-electron chi connectivity index (χ2n) is 4.91. The molecule has 0 saturated carbocycles. The molecule has 0 saturated heterocycles. The van der Waals surface area contributed by atoms with E-state index in [1.165, 1.54) is 11.3 Å². The minimum absolute atomic E-state index is 0.147. The minimum atomic E-state index is -0.147. The van der Waals surface area contributed by atoms with Crippen molar-refractivity contribution in [1.82, 2.24) is 10.3 Å². The summed E-state index contributed by atoms with van der Waals surface area (Å²) in [6, 6.07) is 13.4. The molecule has 6 heteroatoms. The molecule has 1 amide bonds. The lowest BCUT2D eigenvalue weighted by atomic mass is 9.98. The smallest absolute Gasteiger partial charge is 0.261 e. The standard InChI is InChI=1S/C17H14N4OS/c1-2-20-16(22)13-8-11-14(10-6-4-3-5-7-10)12(9-18)15(19)21-17(11)23-13/h3-8H,2H2,1H3,(H2,19,21)(H,20,22). The van der Waals surface area contributed by atoms with Gasteiger partial charge in [0, 0.05) is 17.5 Å². The Balaban J connectivity index is 2.31. The number of nitriles is 1. The average molecular weight is 322 g/mol. The molecule has 114 valence electrons. The van der Waals surface area contributed by atoms with E-state index in [4.69, 9.17) is 5.73 Å². The summed E-state index contributed by atoms with van der Waals surface area (Å²) in [7, 11) is 0. The van der Waals surface area contributed by atoms with Gasteiger partial charge in [-0.25, -0.2) is 4.98 Å². The predicted octanol–water partition coefficient (Wildman–Crippen LogP) is 3.17. The van der Waals surface area contributed by atoms with E-state index in [9.17, 15) is 10.1 Å². The Morgan fingerprint density at radius 1 is 1.39 bits per heavy atom. The molecule has 0 unspecified atom stereocenters. The summed E-state index contributed by atoms with van der Waals surface area (Å²) in [5, 5.41) is 13.0. The maximum Gasteiger partial charge on any atom is 0.261 e. The van der Waals surface area contributed by atoms with Crippen molar-refractivity contribution in [2.24, 2.45) is 0 Å². The van der Waals surface area contributed by atoms with Crippen LogP contribution in [0.5, 0.6) is 0 Å². The summed E-state index contributed by atoms with van der Waals surface area (Å²) in [4.78, 5) is 17.6. The third-order valence-electron chi connectivity index (χ3n) is 3.45. The van der Waals surface area contributed by atoms with Gasteiger partial charge in [-0.05, 0) is 18.6 Å². The lowest BCUT2D eigenvalue weighted by Gasteiger charge is -2.08. The molecule has 3 aromatic rings. The van der Waals surface area contributed by atoms with Gasteiger partial charge in [0.1, 0.15) is 22.3 Å². The van der Waals surface area contributed by atoms with Gasteiger partial charge in [-0.1, -0.05) is 30.3 Å². The molecule has 0 bridgehead atoms. The Labute approximate surface area is 137 Å². The molecule has 1 aromatic carbocycles. The van der Waals surface area contributed by atoms with Gasteiger partial charge in [0.25, 0.3) is 5.91 Å². The number of fused-ring (bicyclic) bond motifs is 1. The van der Waals surface area contributed by atoms with Crippen molar-refractivity contribution in [3.05, 3.63) is 46.8 Å². The minimum Gasteiger partial charge on any atom is -0.383 e. The number of rotatable bonds is 3. The lowest BCUT2D eigenvalue weighted by Crippen LogP contribution is -2.21. The van der Waals surface area contributed by atoms with Crippen LogP contribution in [0.1, 0.15) is 22.2 Å². The molecule has 0 atom stereocenters. The summed E-state index contributed by atoms with van der Waals surface area (Å²) in [6.07, 6.45) is 0. The molecule has 3 N–H and O–H groups in total. The van der Waals surface area contributed by atoms with E-state index in [0.717, 1.165) is 16.5 Å². The number of amides is 1. The molecule has 0 spiro atoms. The first kappa shape index (κ1) is 15.0. The van der Waals surface area contributed by atoms with Crippen molar-refractivity contribution >= 4 is 33.3 Å². The van der Waals surface area contributed by atoms with E-state index < -0.39 is 0 Å². The van der Waals surface area contributed by atoms with Crippen LogP contribution in [0.2, 0.25) is 0 Å². The number of benzene rings is 1. The van der Waals surface area contributed by atoms with Crippen molar-refractivity contribution in [2.45, 2.75) is 6.92 Å². The van der Waals surface area contributed by atoms with Gasteiger partial charge in [-0.2, -0.15) is 5.26 Å². The molecule has 0 aliphatic rings. The fourth-order valence-electron chi connectivity index (χ4n) is 2.45. The van der Waals surface area contributed by atoms with Gasteiger partial charge in [-0.3, -0.25) is 4.79 Å². The van der Waals surface area contributed by atoms with Crippen LogP contribution < -0.4 is 11.1 Å². The lowest BCUT2D eigenvalue weighted by molar-refractivity contribution is 0.0960. The first-order valence-electron chi connectivity index (χ1n) is 7.12. The first-order chi connectivity index (χ1) is 11.2. The molecular weight excluding hydrogens is 308 g/mol. The number of thiophene rings is 1. The number of carbonyl (C=O) groups excluding carboxylic acids is 1. The molecule has 5 nitrogen and oxygen atoms in total. The van der Waals surface area contributed by atoms with Crippen molar-refractivity contribution in [2.75, 3.05) is 12.3 Å². The van der Waals surface area contributed by atoms with E-state index in [-0.39, 0.29) is 11.7 Å². The number of pyridine rings is 1. The molecule has 2 aromatic heterocycles. The SMILES string of the molecule is CCNC(=O)c1cc2c(-c3ccccc3)c(C#N)c(N)nc2s1. The number of nitrogens with one attached hydrogen (secondary N) is 1. The van der Waals surface area contributed by atoms with Crippen LogP contribution in [-0.2, 0) is 0 Å². The Hall–Kier alpha value is -2.91. The Bertz CT molecular complexity index is 925. The Morgan fingerprint density at radius 2 is 2.13 bits per heavy atom. The number of hydrogen-bond acceptors (Lipinski definition) is 5. The third-order valence-corrected chi connectivity index (χ3v) is 4.47. The van der Waals surface area contributed by atoms with E-state index in [0.29, 0.717) is 21.8 Å². The Kier molecular flexibility index (Phi) is 3.96. The summed E-state index contributed by atoms with van der Waals surface area (Å²) in [5.41, 5.74) is 7.89. The summed E-state index contributed by atoms with van der Waals surface area (Å²) in [5.74, 6) is 0.0368. The number of aromatic nitrogens is 1. The van der Waals surface area contributed by atoms with Crippen molar-refractivity contribution in [3.63, 3.8) is 0 Å². The molecule has 0 aliphatic heterocycles. The molecule has 23 heavy (non-hydrogen) atoms. The maximum absolute atomic E-state index is 12.1. The van der Waals surface area contributed by atoms with Crippen molar-refractivity contribution in [1.29, 1.82) is 5.26 Å². The van der Waals surface area contributed by atoms with Gasteiger partial charge < -0.3 is 11.1 Å². The average Bonchev–Trinajstić information content (AvgIpc) is 2.98. The van der Waals surface area contributed by atoms with Crippen LogP contribution in [0, 0.1) is 11.3 Å². The summed E-state index contributed by atoms with van der Waals surface area (Å²) < 4.78 is 0. The molecular formula is C17H14N4OS. The number of nitrogen functional groups attached to an aromatic ring is 1. The topological polar surface area (TPSA) is 91.8 Å². The van der Waals surface area contributed by atoms with E-state index in [1.807, 2.05) is 37.3 Å². The van der Waals surface area contributed by atoms with Gasteiger partial charge in [0.05, 0.1) is 4.88 Å². The third kappa shape index (κ3) is 2.62. The highest BCUT2D eigenvalue weighted by molar-refractivity contribution is 7.20. The largest absolute Gasteiger partial charge is 0.383 e. The van der Waals surface area contributed by atoms with E-state index >= 15 is 0 Å². The van der Waals surface area contributed by atoms with E-state index in [2.05, 4.69) is 16.4 Å². The van der Waals surface area contributed by atoms with Crippen molar-refractivity contribution < 1.29 is 4.79 Å². The second-order valence-corrected chi connectivity index (χ2v) is 5.94.